The average molecular weight is 358 g/mol. The Morgan fingerprint density at radius 1 is 1.19 bits per heavy atom. The number of rotatable bonds is 6. The van der Waals surface area contributed by atoms with Crippen LogP contribution in [0.1, 0.15) is 32.6 Å². The summed E-state index contributed by atoms with van der Waals surface area (Å²) in [7, 11) is 1.75. The lowest BCUT2D eigenvalue weighted by Gasteiger charge is -2.43. The summed E-state index contributed by atoms with van der Waals surface area (Å²) in [4.78, 5) is 0. The van der Waals surface area contributed by atoms with E-state index in [9.17, 15) is 0 Å². The standard InChI is InChI=1S/C22H30O4/c1-6-14(2)20(23-5)16(4)21-15(3)12-18-19(25-21)13-24-22(26-18)17-10-8-7-9-11-17/h6-12,14,16,18-22H,1,13H2,2-5H3/t14-,16+,18+,19-,20+,21+,22-/m1/s1. The van der Waals surface area contributed by atoms with Crippen molar-refractivity contribution < 1.29 is 18.9 Å². The summed E-state index contributed by atoms with van der Waals surface area (Å²) in [6.07, 6.45) is 3.65. The van der Waals surface area contributed by atoms with E-state index in [1.807, 2.05) is 36.4 Å². The lowest BCUT2D eigenvalue weighted by Crippen LogP contribution is -2.49. The molecule has 2 heterocycles. The molecular formula is C22H30O4. The van der Waals surface area contributed by atoms with Crippen molar-refractivity contribution in [1.82, 2.24) is 0 Å². The molecule has 1 fully saturated rings. The molecule has 0 bridgehead atoms. The molecule has 0 N–H and O–H groups in total. The van der Waals surface area contributed by atoms with E-state index >= 15 is 0 Å². The van der Waals surface area contributed by atoms with Gasteiger partial charge < -0.3 is 18.9 Å². The molecule has 7 atom stereocenters. The van der Waals surface area contributed by atoms with Gasteiger partial charge in [-0.3, -0.25) is 0 Å². The molecule has 0 aromatic heterocycles. The van der Waals surface area contributed by atoms with Gasteiger partial charge in [0, 0.05) is 24.5 Å². The van der Waals surface area contributed by atoms with Crippen LogP contribution in [0.3, 0.4) is 0 Å². The first-order chi connectivity index (χ1) is 12.5. The zero-order chi connectivity index (χ0) is 18.7. The van der Waals surface area contributed by atoms with E-state index in [1.54, 1.807) is 7.11 Å². The lowest BCUT2D eigenvalue weighted by molar-refractivity contribution is -0.268. The van der Waals surface area contributed by atoms with E-state index in [1.165, 1.54) is 5.57 Å². The van der Waals surface area contributed by atoms with Crippen molar-refractivity contribution >= 4 is 0 Å². The van der Waals surface area contributed by atoms with Crippen LogP contribution in [0, 0.1) is 11.8 Å². The van der Waals surface area contributed by atoms with Crippen molar-refractivity contribution in [1.29, 1.82) is 0 Å². The number of methoxy groups -OCH3 is 1. The molecule has 0 saturated carbocycles. The van der Waals surface area contributed by atoms with Gasteiger partial charge in [-0.1, -0.05) is 56.3 Å². The number of hydrogen-bond donors (Lipinski definition) is 0. The van der Waals surface area contributed by atoms with Gasteiger partial charge in [0.15, 0.2) is 6.29 Å². The van der Waals surface area contributed by atoms with Crippen LogP contribution in [0.15, 0.2) is 54.6 Å². The third-order valence-corrected chi connectivity index (χ3v) is 5.49. The molecule has 2 aliphatic rings. The lowest BCUT2D eigenvalue weighted by atomic mass is 9.84. The molecule has 142 valence electrons. The van der Waals surface area contributed by atoms with Crippen LogP contribution < -0.4 is 0 Å². The average Bonchev–Trinajstić information content (AvgIpc) is 2.67. The molecular weight excluding hydrogens is 328 g/mol. The molecule has 0 aliphatic carbocycles. The van der Waals surface area contributed by atoms with Crippen LogP contribution in [0.2, 0.25) is 0 Å². The predicted molar refractivity (Wildman–Crippen MR) is 102 cm³/mol. The third kappa shape index (κ3) is 3.94. The molecule has 1 aromatic rings. The van der Waals surface area contributed by atoms with Gasteiger partial charge in [-0.25, -0.2) is 0 Å². The second kappa shape index (κ2) is 8.49. The predicted octanol–water partition coefficient (Wildman–Crippen LogP) is 4.29. The summed E-state index contributed by atoms with van der Waals surface area (Å²) in [5.74, 6) is 0.461. The summed E-state index contributed by atoms with van der Waals surface area (Å²) in [5.41, 5.74) is 2.22. The zero-order valence-corrected chi connectivity index (χ0v) is 16.1. The minimum Gasteiger partial charge on any atom is -0.380 e. The van der Waals surface area contributed by atoms with E-state index in [4.69, 9.17) is 18.9 Å². The maximum Gasteiger partial charge on any atom is 0.184 e. The minimum absolute atomic E-state index is 0.0101. The molecule has 3 rings (SSSR count). The first-order valence-electron chi connectivity index (χ1n) is 9.36. The highest BCUT2D eigenvalue weighted by molar-refractivity contribution is 5.19. The van der Waals surface area contributed by atoms with Crippen LogP contribution >= 0.6 is 0 Å². The monoisotopic (exact) mass is 358 g/mol. The third-order valence-electron chi connectivity index (χ3n) is 5.49. The van der Waals surface area contributed by atoms with Crippen molar-refractivity contribution in [3.05, 3.63) is 60.2 Å². The Labute approximate surface area is 156 Å². The highest BCUT2D eigenvalue weighted by Crippen LogP contribution is 2.36. The summed E-state index contributed by atoms with van der Waals surface area (Å²) in [5, 5.41) is 0. The molecule has 0 unspecified atom stereocenters. The first-order valence-corrected chi connectivity index (χ1v) is 9.36. The van der Waals surface area contributed by atoms with Crippen LogP contribution in [0.4, 0.5) is 0 Å². The normalized spacial score (nSPS) is 32.1. The van der Waals surface area contributed by atoms with Crippen LogP contribution in [-0.2, 0) is 18.9 Å². The fourth-order valence-electron chi connectivity index (χ4n) is 4.00. The Morgan fingerprint density at radius 3 is 2.58 bits per heavy atom. The maximum absolute atomic E-state index is 6.39. The summed E-state index contributed by atoms with van der Waals surface area (Å²) < 4.78 is 24.2. The van der Waals surface area contributed by atoms with Gasteiger partial charge in [0.2, 0.25) is 0 Å². The summed E-state index contributed by atoms with van der Waals surface area (Å²) in [6.45, 7) is 10.8. The fourth-order valence-corrected chi connectivity index (χ4v) is 4.00. The van der Waals surface area contributed by atoms with Crippen molar-refractivity contribution in [3.63, 3.8) is 0 Å². The van der Waals surface area contributed by atoms with E-state index in [0.29, 0.717) is 6.61 Å². The molecule has 1 saturated heterocycles. The van der Waals surface area contributed by atoms with E-state index in [0.717, 1.165) is 5.56 Å². The highest BCUT2D eigenvalue weighted by atomic mass is 16.7. The molecule has 4 heteroatoms. The van der Waals surface area contributed by atoms with Gasteiger partial charge in [0.25, 0.3) is 0 Å². The molecule has 1 aromatic carbocycles. The van der Waals surface area contributed by atoms with Gasteiger partial charge in [-0.2, -0.15) is 0 Å². The van der Waals surface area contributed by atoms with Crippen molar-refractivity contribution in [2.75, 3.05) is 13.7 Å². The Bertz CT molecular complexity index is 626. The zero-order valence-electron chi connectivity index (χ0n) is 16.1. The van der Waals surface area contributed by atoms with Gasteiger partial charge in [0.05, 0.1) is 18.8 Å². The molecule has 0 radical (unpaired) electrons. The molecule has 0 amide bonds. The number of ether oxygens (including phenoxy) is 4. The van der Waals surface area contributed by atoms with Crippen LogP contribution in [0.5, 0.6) is 0 Å². The topological polar surface area (TPSA) is 36.9 Å². The van der Waals surface area contributed by atoms with Gasteiger partial charge in [-0.15, -0.1) is 6.58 Å². The summed E-state index contributed by atoms with van der Waals surface area (Å²) in [6, 6.07) is 10.0. The van der Waals surface area contributed by atoms with Crippen LogP contribution in [0.25, 0.3) is 0 Å². The van der Waals surface area contributed by atoms with Crippen molar-refractivity contribution in [3.8, 4) is 0 Å². The number of fused-ring (bicyclic) bond motifs is 1. The van der Waals surface area contributed by atoms with Gasteiger partial charge >= 0.3 is 0 Å². The maximum atomic E-state index is 6.39. The molecule has 2 aliphatic heterocycles. The van der Waals surface area contributed by atoms with E-state index < -0.39 is 0 Å². The molecule has 4 nitrogen and oxygen atoms in total. The van der Waals surface area contributed by atoms with Crippen LogP contribution in [-0.4, -0.2) is 38.1 Å². The van der Waals surface area contributed by atoms with E-state index in [2.05, 4.69) is 33.4 Å². The highest BCUT2D eigenvalue weighted by Gasteiger charge is 2.41. The Kier molecular flexibility index (Phi) is 6.30. The van der Waals surface area contributed by atoms with Gasteiger partial charge in [0.1, 0.15) is 12.2 Å². The first kappa shape index (κ1) is 19.3. The largest absolute Gasteiger partial charge is 0.380 e. The Balaban J connectivity index is 1.73. The SMILES string of the molecule is C=C[C@@H](C)[C@H](OC)[C@H](C)[C@H]1O[C@@H]2CO[C@@H](c3ccccc3)O[C@H]2C=C1C. The minimum atomic E-state index is -0.341. The fraction of sp³-hybridized carbons (Fsp3) is 0.545. The Morgan fingerprint density at radius 2 is 1.92 bits per heavy atom. The Hall–Kier alpha value is -1.46. The van der Waals surface area contributed by atoms with Crippen molar-refractivity contribution in [2.45, 2.75) is 51.5 Å². The van der Waals surface area contributed by atoms with Crippen molar-refractivity contribution in [2.24, 2.45) is 11.8 Å². The second-order valence-corrected chi connectivity index (χ2v) is 7.34. The number of benzene rings is 1. The number of hydrogen-bond acceptors (Lipinski definition) is 4. The molecule has 0 spiro atoms. The van der Waals surface area contributed by atoms with Gasteiger partial charge in [-0.05, 0) is 12.5 Å². The summed E-state index contributed by atoms with van der Waals surface area (Å²) >= 11 is 0. The second-order valence-electron chi connectivity index (χ2n) is 7.34. The molecule has 26 heavy (non-hydrogen) atoms. The smallest absolute Gasteiger partial charge is 0.184 e. The quantitative estimate of drug-likeness (QED) is 0.711. The van der Waals surface area contributed by atoms with E-state index in [-0.39, 0.29) is 42.5 Å².